The Morgan fingerprint density at radius 3 is 2.66 bits per heavy atom. The van der Waals surface area contributed by atoms with Crippen molar-refractivity contribution in [3.8, 4) is 11.6 Å². The number of hydrogen-bond acceptors (Lipinski definition) is 7. The highest BCUT2D eigenvalue weighted by Gasteiger charge is 2.26. The molecule has 32 heavy (non-hydrogen) atoms. The van der Waals surface area contributed by atoms with Crippen LogP contribution in [0.15, 0.2) is 48.9 Å². The summed E-state index contributed by atoms with van der Waals surface area (Å²) >= 11 is 1.28. The van der Waals surface area contributed by atoms with Crippen molar-refractivity contribution in [1.82, 2.24) is 14.9 Å². The van der Waals surface area contributed by atoms with Crippen LogP contribution in [0.3, 0.4) is 0 Å². The molecule has 0 bridgehead atoms. The maximum absolute atomic E-state index is 12.9. The van der Waals surface area contributed by atoms with Crippen LogP contribution in [-0.2, 0) is 0 Å². The maximum Gasteiger partial charge on any atom is 0.264 e. The molecule has 0 atom stereocenters. The number of amides is 2. The Labute approximate surface area is 190 Å². The SMILES string of the molecule is COc1ccc(C(=O)Nc2ccc(C(=O)N3CCC(Oc4cnccn4)CC3)s2)c(C)c1. The molecular formula is C23H24N4O4S. The van der Waals surface area contributed by atoms with E-state index in [1.165, 1.54) is 11.3 Å². The van der Waals surface area contributed by atoms with E-state index in [2.05, 4.69) is 15.3 Å². The van der Waals surface area contributed by atoms with Gasteiger partial charge in [0.25, 0.3) is 11.8 Å². The van der Waals surface area contributed by atoms with Crippen LogP contribution in [-0.4, -0.2) is 53.0 Å². The molecule has 1 N–H and O–H groups in total. The normalized spacial score (nSPS) is 14.1. The van der Waals surface area contributed by atoms with Gasteiger partial charge in [-0.1, -0.05) is 0 Å². The summed E-state index contributed by atoms with van der Waals surface area (Å²) in [6, 6.07) is 8.82. The van der Waals surface area contributed by atoms with Crippen molar-refractivity contribution in [1.29, 1.82) is 0 Å². The number of anilines is 1. The number of rotatable bonds is 6. The monoisotopic (exact) mass is 452 g/mol. The van der Waals surface area contributed by atoms with E-state index in [9.17, 15) is 9.59 Å². The van der Waals surface area contributed by atoms with E-state index >= 15 is 0 Å². The van der Waals surface area contributed by atoms with Gasteiger partial charge in [0, 0.05) is 43.9 Å². The number of benzene rings is 1. The largest absolute Gasteiger partial charge is 0.497 e. The van der Waals surface area contributed by atoms with Crippen LogP contribution >= 0.6 is 11.3 Å². The minimum Gasteiger partial charge on any atom is -0.497 e. The molecule has 0 spiro atoms. The molecule has 1 saturated heterocycles. The van der Waals surface area contributed by atoms with Gasteiger partial charge in [0.05, 0.1) is 23.2 Å². The van der Waals surface area contributed by atoms with E-state index in [-0.39, 0.29) is 17.9 Å². The molecule has 166 valence electrons. The number of nitrogens with one attached hydrogen (secondary N) is 1. The number of aryl methyl sites for hydroxylation is 1. The Balaban J connectivity index is 1.32. The van der Waals surface area contributed by atoms with Gasteiger partial charge in [0.1, 0.15) is 11.9 Å². The van der Waals surface area contributed by atoms with E-state index in [1.807, 2.05) is 17.9 Å². The average molecular weight is 453 g/mol. The molecule has 1 aromatic carbocycles. The molecule has 2 aromatic heterocycles. The van der Waals surface area contributed by atoms with Crippen LogP contribution in [0, 0.1) is 6.92 Å². The summed E-state index contributed by atoms with van der Waals surface area (Å²) in [7, 11) is 1.59. The van der Waals surface area contributed by atoms with Gasteiger partial charge in [-0.05, 0) is 42.8 Å². The van der Waals surface area contributed by atoms with Crippen molar-refractivity contribution in [2.75, 3.05) is 25.5 Å². The summed E-state index contributed by atoms with van der Waals surface area (Å²) in [6.45, 7) is 3.07. The lowest BCUT2D eigenvalue weighted by Crippen LogP contribution is -2.41. The van der Waals surface area contributed by atoms with Gasteiger partial charge >= 0.3 is 0 Å². The first-order valence-corrected chi connectivity index (χ1v) is 11.1. The van der Waals surface area contributed by atoms with Crippen molar-refractivity contribution in [2.45, 2.75) is 25.9 Å². The molecule has 2 amide bonds. The highest BCUT2D eigenvalue weighted by atomic mass is 32.1. The Morgan fingerprint density at radius 2 is 1.97 bits per heavy atom. The van der Waals surface area contributed by atoms with Crippen LogP contribution in [0.5, 0.6) is 11.6 Å². The first-order chi connectivity index (χ1) is 15.5. The van der Waals surface area contributed by atoms with E-state index in [0.717, 1.165) is 18.4 Å². The number of hydrogen-bond donors (Lipinski definition) is 1. The molecular weight excluding hydrogens is 428 g/mol. The quantitative estimate of drug-likeness (QED) is 0.612. The van der Waals surface area contributed by atoms with Gasteiger partial charge in [-0.3, -0.25) is 14.6 Å². The van der Waals surface area contributed by atoms with Gasteiger partial charge in [0.15, 0.2) is 0 Å². The van der Waals surface area contributed by atoms with E-state index < -0.39 is 0 Å². The molecule has 0 saturated carbocycles. The second-order valence-electron chi connectivity index (χ2n) is 7.45. The molecule has 0 unspecified atom stereocenters. The van der Waals surface area contributed by atoms with Crippen molar-refractivity contribution >= 4 is 28.2 Å². The van der Waals surface area contributed by atoms with Crippen molar-refractivity contribution in [2.24, 2.45) is 0 Å². The number of aromatic nitrogens is 2. The summed E-state index contributed by atoms with van der Waals surface area (Å²) in [4.78, 5) is 36.1. The zero-order valence-electron chi connectivity index (χ0n) is 17.9. The van der Waals surface area contributed by atoms with Crippen LogP contribution in [0.25, 0.3) is 0 Å². The van der Waals surface area contributed by atoms with E-state index in [1.54, 1.807) is 50.0 Å². The van der Waals surface area contributed by atoms with E-state index in [4.69, 9.17) is 9.47 Å². The standard InChI is InChI=1S/C23H24N4O4S/c1-15-13-17(30-2)3-4-18(15)22(28)26-21-6-5-19(32-21)23(29)27-11-7-16(8-12-27)31-20-14-24-9-10-25-20/h3-6,9-10,13-14,16H,7-8,11-12H2,1-2H3,(H,26,28). The van der Waals surface area contributed by atoms with Crippen molar-refractivity contribution in [3.05, 3.63) is 64.9 Å². The van der Waals surface area contributed by atoms with Crippen molar-refractivity contribution in [3.63, 3.8) is 0 Å². The zero-order chi connectivity index (χ0) is 22.5. The van der Waals surface area contributed by atoms with Gasteiger partial charge in [0.2, 0.25) is 5.88 Å². The highest BCUT2D eigenvalue weighted by Crippen LogP contribution is 2.26. The summed E-state index contributed by atoms with van der Waals surface area (Å²) in [6.07, 6.45) is 6.26. The third-order valence-electron chi connectivity index (χ3n) is 5.29. The van der Waals surface area contributed by atoms with Gasteiger partial charge < -0.3 is 19.7 Å². The summed E-state index contributed by atoms with van der Waals surface area (Å²) in [5.74, 6) is 0.957. The number of carbonyl (C=O) groups excluding carboxylic acids is 2. The Hall–Kier alpha value is -3.46. The lowest BCUT2D eigenvalue weighted by molar-refractivity contribution is 0.0591. The van der Waals surface area contributed by atoms with Crippen LogP contribution < -0.4 is 14.8 Å². The van der Waals surface area contributed by atoms with Gasteiger partial charge in [-0.25, -0.2) is 4.98 Å². The van der Waals surface area contributed by atoms with Gasteiger partial charge in [-0.15, -0.1) is 11.3 Å². The molecule has 8 nitrogen and oxygen atoms in total. The Bertz CT molecular complexity index is 1090. The first kappa shape index (κ1) is 21.8. The van der Waals surface area contributed by atoms with E-state index in [0.29, 0.717) is 40.2 Å². The molecule has 1 fully saturated rings. The maximum atomic E-state index is 12.9. The predicted molar refractivity (Wildman–Crippen MR) is 122 cm³/mol. The number of methoxy groups -OCH3 is 1. The summed E-state index contributed by atoms with van der Waals surface area (Å²) in [5, 5.41) is 3.52. The minimum absolute atomic E-state index is 0.0154. The number of thiophene rings is 1. The zero-order valence-corrected chi connectivity index (χ0v) is 18.7. The van der Waals surface area contributed by atoms with Crippen LogP contribution in [0.4, 0.5) is 5.00 Å². The molecule has 4 rings (SSSR count). The lowest BCUT2D eigenvalue weighted by Gasteiger charge is -2.31. The van der Waals surface area contributed by atoms with Crippen LogP contribution in [0.2, 0.25) is 0 Å². The number of ether oxygens (including phenoxy) is 2. The third kappa shape index (κ3) is 5.05. The first-order valence-electron chi connectivity index (χ1n) is 10.3. The molecule has 1 aliphatic rings. The fourth-order valence-corrected chi connectivity index (χ4v) is 4.44. The number of carbonyl (C=O) groups is 2. The molecule has 0 aliphatic carbocycles. The molecule has 3 heterocycles. The number of likely N-dealkylation sites (tertiary alicyclic amines) is 1. The summed E-state index contributed by atoms with van der Waals surface area (Å²) < 4.78 is 11.0. The second kappa shape index (κ2) is 9.78. The van der Waals surface area contributed by atoms with Gasteiger partial charge in [-0.2, -0.15) is 0 Å². The Morgan fingerprint density at radius 1 is 1.16 bits per heavy atom. The summed E-state index contributed by atoms with van der Waals surface area (Å²) in [5.41, 5.74) is 1.39. The third-order valence-corrected chi connectivity index (χ3v) is 6.28. The average Bonchev–Trinajstić information content (AvgIpc) is 3.28. The fraction of sp³-hybridized carbons (Fsp3) is 0.304. The highest BCUT2D eigenvalue weighted by molar-refractivity contribution is 7.18. The number of nitrogens with zero attached hydrogens (tertiary/aromatic N) is 3. The van der Waals surface area contributed by atoms with Crippen LogP contribution in [0.1, 0.15) is 38.4 Å². The smallest absolute Gasteiger partial charge is 0.264 e. The molecule has 0 radical (unpaired) electrons. The Kier molecular flexibility index (Phi) is 6.65. The number of piperidine rings is 1. The lowest BCUT2D eigenvalue weighted by atomic mass is 10.1. The molecule has 1 aliphatic heterocycles. The van der Waals surface area contributed by atoms with Crippen molar-refractivity contribution < 1.29 is 19.1 Å². The molecule has 9 heteroatoms. The fourth-order valence-electron chi connectivity index (χ4n) is 3.57. The minimum atomic E-state index is -0.215. The predicted octanol–water partition coefficient (Wildman–Crippen LogP) is 3.79. The topological polar surface area (TPSA) is 93.7 Å². The second-order valence-corrected chi connectivity index (χ2v) is 8.54. The molecule has 3 aromatic rings.